The third-order valence-electron chi connectivity index (χ3n) is 2.61. The Bertz CT molecular complexity index is 684. The molecule has 0 radical (unpaired) electrons. The average molecular weight is 251 g/mol. The number of carbonyl (C=O) groups excluding carboxylic acids is 1. The summed E-state index contributed by atoms with van der Waals surface area (Å²) in [7, 11) is 0. The van der Waals surface area contributed by atoms with Crippen LogP contribution in [0.3, 0.4) is 0 Å². The van der Waals surface area contributed by atoms with Gasteiger partial charge in [0.25, 0.3) is 0 Å². The largest absolute Gasteiger partial charge is 0.478 e. The Hall–Kier alpha value is -2.93. The van der Waals surface area contributed by atoms with Gasteiger partial charge in [-0.3, -0.25) is 4.79 Å². The van der Waals surface area contributed by atoms with Gasteiger partial charge in [-0.1, -0.05) is 30.3 Å². The number of hydrogen-bond donors (Lipinski definition) is 1. The highest BCUT2D eigenvalue weighted by Crippen LogP contribution is 2.14. The van der Waals surface area contributed by atoms with E-state index in [1.54, 1.807) is 30.3 Å². The van der Waals surface area contributed by atoms with Crippen molar-refractivity contribution in [3.8, 4) is 6.07 Å². The molecular formula is C15H9NO3. The van der Waals surface area contributed by atoms with Crippen LogP contribution in [-0.2, 0) is 0 Å². The number of carboxylic acids is 1. The number of nitriles is 1. The third-order valence-corrected chi connectivity index (χ3v) is 2.61. The molecule has 92 valence electrons. The van der Waals surface area contributed by atoms with Gasteiger partial charge < -0.3 is 5.11 Å². The van der Waals surface area contributed by atoms with E-state index in [1.165, 1.54) is 18.2 Å². The van der Waals surface area contributed by atoms with E-state index in [0.717, 1.165) is 0 Å². The second-order valence-electron chi connectivity index (χ2n) is 3.91. The van der Waals surface area contributed by atoms with E-state index in [1.807, 2.05) is 6.07 Å². The van der Waals surface area contributed by atoms with Gasteiger partial charge in [-0.15, -0.1) is 0 Å². The lowest BCUT2D eigenvalue weighted by Crippen LogP contribution is -2.05. The maximum absolute atomic E-state index is 12.2. The van der Waals surface area contributed by atoms with Crippen LogP contribution >= 0.6 is 0 Å². The molecule has 0 saturated heterocycles. The molecule has 2 rings (SSSR count). The van der Waals surface area contributed by atoms with Crippen molar-refractivity contribution in [1.82, 2.24) is 0 Å². The molecule has 19 heavy (non-hydrogen) atoms. The smallest absolute Gasteiger partial charge is 0.335 e. The lowest BCUT2D eigenvalue weighted by molar-refractivity contribution is 0.0697. The van der Waals surface area contributed by atoms with Crippen LogP contribution in [0.1, 0.15) is 31.8 Å². The monoisotopic (exact) mass is 251 g/mol. The Morgan fingerprint density at radius 2 is 1.58 bits per heavy atom. The standard InChI is InChI=1S/C15H9NO3/c16-9-10-6-12(8-13(7-10)15(18)19)14(17)11-4-2-1-3-5-11/h1-8H,(H,18,19). The van der Waals surface area contributed by atoms with Gasteiger partial charge in [0.1, 0.15) is 0 Å². The molecule has 0 aromatic heterocycles. The number of hydrogen-bond acceptors (Lipinski definition) is 3. The lowest BCUT2D eigenvalue weighted by atomic mass is 9.99. The van der Waals surface area contributed by atoms with Crippen molar-refractivity contribution in [3.05, 3.63) is 70.8 Å². The molecule has 0 unspecified atom stereocenters. The molecular weight excluding hydrogens is 242 g/mol. The number of carboxylic acid groups (broad SMARTS) is 1. The molecule has 0 fully saturated rings. The summed E-state index contributed by atoms with van der Waals surface area (Å²) in [5.41, 5.74) is 0.731. The summed E-state index contributed by atoms with van der Waals surface area (Å²) in [4.78, 5) is 23.1. The molecule has 0 aliphatic rings. The van der Waals surface area contributed by atoms with Crippen molar-refractivity contribution in [3.63, 3.8) is 0 Å². The summed E-state index contributed by atoms with van der Waals surface area (Å²) in [5.74, 6) is -1.47. The molecule has 2 aromatic carbocycles. The van der Waals surface area contributed by atoms with Crippen molar-refractivity contribution < 1.29 is 14.7 Å². The van der Waals surface area contributed by atoms with Gasteiger partial charge in [0, 0.05) is 11.1 Å². The fourth-order valence-electron chi connectivity index (χ4n) is 1.70. The van der Waals surface area contributed by atoms with Gasteiger partial charge in [0.2, 0.25) is 0 Å². The van der Waals surface area contributed by atoms with Gasteiger partial charge in [-0.2, -0.15) is 5.26 Å². The number of carbonyl (C=O) groups is 2. The van der Waals surface area contributed by atoms with Crippen LogP contribution < -0.4 is 0 Å². The molecule has 0 aliphatic heterocycles. The highest BCUT2D eigenvalue weighted by Gasteiger charge is 2.13. The summed E-state index contributed by atoms with van der Waals surface area (Å²) in [6, 6.07) is 14.3. The summed E-state index contributed by atoms with van der Waals surface area (Å²) in [6.45, 7) is 0. The molecule has 0 spiro atoms. The quantitative estimate of drug-likeness (QED) is 0.850. The molecule has 4 nitrogen and oxygen atoms in total. The van der Waals surface area contributed by atoms with Crippen molar-refractivity contribution in [1.29, 1.82) is 5.26 Å². The first-order chi connectivity index (χ1) is 9.11. The maximum atomic E-state index is 12.2. The fraction of sp³-hybridized carbons (Fsp3) is 0. The lowest BCUT2D eigenvalue weighted by Gasteiger charge is -2.03. The average Bonchev–Trinajstić information content (AvgIpc) is 2.46. The van der Waals surface area contributed by atoms with Crippen molar-refractivity contribution in [2.75, 3.05) is 0 Å². The predicted octanol–water partition coefficient (Wildman–Crippen LogP) is 2.49. The topological polar surface area (TPSA) is 78.2 Å². The number of rotatable bonds is 3. The minimum atomic E-state index is -1.17. The minimum absolute atomic E-state index is 0.0710. The van der Waals surface area contributed by atoms with Crippen molar-refractivity contribution in [2.24, 2.45) is 0 Å². The van der Waals surface area contributed by atoms with Gasteiger partial charge >= 0.3 is 5.97 Å². The Morgan fingerprint density at radius 3 is 2.16 bits per heavy atom. The molecule has 0 bridgehead atoms. The van der Waals surface area contributed by atoms with E-state index in [2.05, 4.69) is 0 Å². The molecule has 2 aromatic rings. The number of nitrogens with zero attached hydrogens (tertiary/aromatic N) is 1. The maximum Gasteiger partial charge on any atom is 0.335 e. The number of benzene rings is 2. The summed E-state index contributed by atoms with van der Waals surface area (Å²) >= 11 is 0. The summed E-state index contributed by atoms with van der Waals surface area (Å²) < 4.78 is 0. The molecule has 0 aliphatic carbocycles. The zero-order valence-electron chi connectivity index (χ0n) is 9.83. The second kappa shape index (κ2) is 5.15. The van der Waals surface area contributed by atoms with Gasteiger partial charge in [0.05, 0.1) is 17.2 Å². The van der Waals surface area contributed by atoms with Gasteiger partial charge in [-0.25, -0.2) is 4.79 Å². The van der Waals surface area contributed by atoms with E-state index < -0.39 is 5.97 Å². The van der Waals surface area contributed by atoms with Crippen LogP contribution in [0.5, 0.6) is 0 Å². The van der Waals surface area contributed by atoms with Crippen molar-refractivity contribution >= 4 is 11.8 Å². The van der Waals surface area contributed by atoms with E-state index in [4.69, 9.17) is 10.4 Å². The molecule has 0 amide bonds. The molecule has 4 heteroatoms. The molecule has 0 saturated carbocycles. The normalized spacial score (nSPS) is 9.63. The first kappa shape index (κ1) is 12.5. The van der Waals surface area contributed by atoms with Crippen LogP contribution in [0, 0.1) is 11.3 Å². The number of ketones is 1. The first-order valence-electron chi connectivity index (χ1n) is 5.50. The second-order valence-corrected chi connectivity index (χ2v) is 3.91. The van der Waals surface area contributed by atoms with Crippen LogP contribution in [-0.4, -0.2) is 16.9 Å². The fourth-order valence-corrected chi connectivity index (χ4v) is 1.70. The molecule has 0 heterocycles. The Balaban J connectivity index is 2.51. The zero-order valence-corrected chi connectivity index (χ0v) is 9.83. The van der Waals surface area contributed by atoms with E-state index in [-0.39, 0.29) is 22.5 Å². The Kier molecular flexibility index (Phi) is 3.39. The van der Waals surface area contributed by atoms with Gasteiger partial charge in [-0.05, 0) is 18.2 Å². The van der Waals surface area contributed by atoms with Crippen molar-refractivity contribution in [2.45, 2.75) is 0 Å². The highest BCUT2D eigenvalue weighted by atomic mass is 16.4. The Labute approximate surface area is 109 Å². The van der Waals surface area contributed by atoms with Crippen LogP contribution in [0.25, 0.3) is 0 Å². The van der Waals surface area contributed by atoms with Crippen LogP contribution in [0.2, 0.25) is 0 Å². The molecule has 1 N–H and O–H groups in total. The number of aromatic carboxylic acids is 1. The zero-order chi connectivity index (χ0) is 13.8. The SMILES string of the molecule is N#Cc1cc(C(=O)O)cc(C(=O)c2ccccc2)c1. The summed E-state index contributed by atoms with van der Waals surface area (Å²) in [6.07, 6.45) is 0. The summed E-state index contributed by atoms with van der Waals surface area (Å²) in [5, 5.41) is 17.8. The van der Waals surface area contributed by atoms with E-state index in [9.17, 15) is 9.59 Å². The first-order valence-corrected chi connectivity index (χ1v) is 5.50. The third kappa shape index (κ3) is 2.67. The van der Waals surface area contributed by atoms with Gasteiger partial charge in [0.15, 0.2) is 5.78 Å². The van der Waals surface area contributed by atoms with E-state index in [0.29, 0.717) is 5.56 Å². The Morgan fingerprint density at radius 1 is 0.947 bits per heavy atom. The predicted molar refractivity (Wildman–Crippen MR) is 68.0 cm³/mol. The van der Waals surface area contributed by atoms with Crippen LogP contribution in [0.4, 0.5) is 0 Å². The highest BCUT2D eigenvalue weighted by molar-refractivity contribution is 6.10. The minimum Gasteiger partial charge on any atom is -0.478 e. The van der Waals surface area contributed by atoms with Crippen LogP contribution in [0.15, 0.2) is 48.5 Å². The molecule has 0 atom stereocenters. The van der Waals surface area contributed by atoms with E-state index >= 15 is 0 Å².